The van der Waals surface area contributed by atoms with Gasteiger partial charge in [0, 0.05) is 6.42 Å². The molecular formula is C23H22O4. The highest BCUT2D eigenvalue weighted by atomic mass is 16.5. The second-order valence-corrected chi connectivity index (χ2v) is 6.35. The van der Waals surface area contributed by atoms with E-state index in [0.717, 1.165) is 22.3 Å². The number of carbonyl (C=O) groups is 1. The van der Waals surface area contributed by atoms with Crippen LogP contribution >= 0.6 is 0 Å². The van der Waals surface area contributed by atoms with Gasteiger partial charge in [0.05, 0.1) is 7.11 Å². The average molecular weight is 362 g/mol. The van der Waals surface area contributed by atoms with Gasteiger partial charge in [-0.25, -0.2) is 4.79 Å². The van der Waals surface area contributed by atoms with Crippen molar-refractivity contribution in [1.29, 1.82) is 0 Å². The summed E-state index contributed by atoms with van der Waals surface area (Å²) in [7, 11) is 1.58. The minimum absolute atomic E-state index is 0.223. The Balaban J connectivity index is 1.77. The summed E-state index contributed by atoms with van der Waals surface area (Å²) in [6.07, 6.45) is -0.774. The predicted molar refractivity (Wildman–Crippen MR) is 105 cm³/mol. The fourth-order valence-corrected chi connectivity index (χ4v) is 2.97. The Bertz CT molecular complexity index is 901. The van der Waals surface area contributed by atoms with Crippen molar-refractivity contribution in [3.8, 4) is 22.6 Å². The maximum Gasteiger partial charge on any atom is 0.345 e. The standard InChI is InChI=1S/C23H22O4/c1-16-8-13-21(26-2)19(14-16)15-22(23(24)25)27-20-11-9-18(10-12-20)17-6-4-3-5-7-17/h3-14,22H,15H2,1-2H3,(H,24,25)/t22-/m0/s1. The van der Waals surface area contributed by atoms with Crippen molar-refractivity contribution in [2.75, 3.05) is 7.11 Å². The molecule has 138 valence electrons. The molecule has 0 spiro atoms. The molecule has 1 N–H and O–H groups in total. The normalized spacial score (nSPS) is 11.6. The van der Waals surface area contributed by atoms with Crippen LogP contribution in [0, 0.1) is 6.92 Å². The number of aryl methyl sites for hydroxylation is 1. The Morgan fingerprint density at radius 3 is 2.26 bits per heavy atom. The Hall–Kier alpha value is -3.27. The Labute approximate surface area is 159 Å². The lowest BCUT2D eigenvalue weighted by Gasteiger charge is -2.17. The minimum Gasteiger partial charge on any atom is -0.496 e. The molecular weight excluding hydrogens is 340 g/mol. The lowest BCUT2D eigenvalue weighted by Crippen LogP contribution is -2.29. The molecule has 3 aromatic rings. The van der Waals surface area contributed by atoms with E-state index < -0.39 is 12.1 Å². The van der Waals surface area contributed by atoms with Gasteiger partial charge in [-0.05, 0) is 41.8 Å². The molecule has 0 unspecified atom stereocenters. The first-order valence-electron chi connectivity index (χ1n) is 8.75. The monoisotopic (exact) mass is 362 g/mol. The molecule has 1 atom stereocenters. The van der Waals surface area contributed by atoms with E-state index >= 15 is 0 Å². The molecule has 0 aromatic heterocycles. The summed E-state index contributed by atoms with van der Waals surface area (Å²) in [4.78, 5) is 11.7. The zero-order chi connectivity index (χ0) is 19.2. The number of rotatable bonds is 7. The van der Waals surface area contributed by atoms with E-state index in [-0.39, 0.29) is 6.42 Å². The molecule has 3 rings (SSSR count). The topological polar surface area (TPSA) is 55.8 Å². The molecule has 0 amide bonds. The lowest BCUT2D eigenvalue weighted by molar-refractivity contribution is -0.145. The highest BCUT2D eigenvalue weighted by molar-refractivity contribution is 5.73. The Kier molecular flexibility index (Phi) is 5.77. The van der Waals surface area contributed by atoms with Gasteiger partial charge in [-0.3, -0.25) is 0 Å². The van der Waals surface area contributed by atoms with E-state index in [1.165, 1.54) is 0 Å². The summed E-state index contributed by atoms with van der Waals surface area (Å²) in [5.41, 5.74) is 4.01. The quantitative estimate of drug-likeness (QED) is 0.659. The molecule has 0 aliphatic carbocycles. The predicted octanol–water partition coefficient (Wildman–Crippen LogP) is 4.75. The van der Waals surface area contributed by atoms with Gasteiger partial charge in [0.25, 0.3) is 0 Å². The third kappa shape index (κ3) is 4.67. The maximum absolute atomic E-state index is 11.7. The first-order chi connectivity index (χ1) is 13.1. The van der Waals surface area contributed by atoms with Gasteiger partial charge in [-0.2, -0.15) is 0 Å². The van der Waals surface area contributed by atoms with Gasteiger partial charge in [-0.15, -0.1) is 0 Å². The highest BCUT2D eigenvalue weighted by Gasteiger charge is 2.22. The number of carboxylic acid groups (broad SMARTS) is 1. The van der Waals surface area contributed by atoms with E-state index in [2.05, 4.69) is 0 Å². The van der Waals surface area contributed by atoms with Crippen molar-refractivity contribution >= 4 is 5.97 Å². The minimum atomic E-state index is -1.01. The number of aliphatic carboxylic acids is 1. The average Bonchev–Trinajstić information content (AvgIpc) is 2.69. The van der Waals surface area contributed by atoms with Crippen molar-refractivity contribution in [3.05, 3.63) is 83.9 Å². The molecule has 27 heavy (non-hydrogen) atoms. The summed E-state index contributed by atoms with van der Waals surface area (Å²) in [6, 6.07) is 23.1. The number of hydrogen-bond acceptors (Lipinski definition) is 3. The lowest BCUT2D eigenvalue weighted by atomic mass is 10.0. The third-order valence-corrected chi connectivity index (χ3v) is 4.36. The van der Waals surface area contributed by atoms with Crippen LogP contribution in [-0.2, 0) is 11.2 Å². The number of methoxy groups -OCH3 is 1. The molecule has 0 fully saturated rings. The first kappa shape index (κ1) is 18.5. The molecule has 0 saturated heterocycles. The van der Waals surface area contributed by atoms with Crippen LogP contribution in [0.15, 0.2) is 72.8 Å². The zero-order valence-electron chi connectivity index (χ0n) is 15.4. The summed E-state index contributed by atoms with van der Waals surface area (Å²) >= 11 is 0. The number of ether oxygens (including phenoxy) is 2. The molecule has 0 saturated carbocycles. The first-order valence-corrected chi connectivity index (χ1v) is 8.75. The summed E-state index contributed by atoms with van der Waals surface area (Å²) < 4.78 is 11.1. The fourth-order valence-electron chi connectivity index (χ4n) is 2.97. The van der Waals surface area contributed by atoms with E-state index in [0.29, 0.717) is 11.5 Å². The highest BCUT2D eigenvalue weighted by Crippen LogP contribution is 2.25. The van der Waals surface area contributed by atoms with Gasteiger partial charge in [0.1, 0.15) is 11.5 Å². The van der Waals surface area contributed by atoms with Crippen LogP contribution in [0.3, 0.4) is 0 Å². The molecule has 0 aliphatic rings. The van der Waals surface area contributed by atoms with Gasteiger partial charge < -0.3 is 14.6 Å². The third-order valence-electron chi connectivity index (χ3n) is 4.36. The van der Waals surface area contributed by atoms with E-state index in [1.807, 2.05) is 67.6 Å². The van der Waals surface area contributed by atoms with E-state index in [9.17, 15) is 9.90 Å². The van der Waals surface area contributed by atoms with Crippen LogP contribution < -0.4 is 9.47 Å². The van der Waals surface area contributed by atoms with Gasteiger partial charge >= 0.3 is 5.97 Å². The van der Waals surface area contributed by atoms with Crippen molar-refractivity contribution in [2.24, 2.45) is 0 Å². The Morgan fingerprint density at radius 1 is 0.963 bits per heavy atom. The molecule has 0 bridgehead atoms. The zero-order valence-corrected chi connectivity index (χ0v) is 15.4. The fraction of sp³-hybridized carbons (Fsp3) is 0.174. The smallest absolute Gasteiger partial charge is 0.345 e. The summed E-state index contributed by atoms with van der Waals surface area (Å²) in [5.74, 6) is 0.175. The summed E-state index contributed by atoms with van der Waals surface area (Å²) in [5, 5.41) is 9.60. The van der Waals surface area contributed by atoms with Crippen LogP contribution in [0.5, 0.6) is 11.5 Å². The summed E-state index contributed by atoms with van der Waals surface area (Å²) in [6.45, 7) is 1.96. The molecule has 3 aromatic carbocycles. The van der Waals surface area contributed by atoms with Gasteiger partial charge in [0.2, 0.25) is 0 Å². The number of carboxylic acids is 1. The van der Waals surface area contributed by atoms with Gasteiger partial charge in [-0.1, -0.05) is 60.2 Å². The Morgan fingerprint density at radius 2 is 1.63 bits per heavy atom. The molecule has 4 heteroatoms. The van der Waals surface area contributed by atoms with E-state index in [4.69, 9.17) is 9.47 Å². The van der Waals surface area contributed by atoms with Crippen LogP contribution in [0.25, 0.3) is 11.1 Å². The van der Waals surface area contributed by atoms with Crippen LogP contribution in [0.4, 0.5) is 0 Å². The second-order valence-electron chi connectivity index (χ2n) is 6.35. The van der Waals surface area contributed by atoms with Crippen molar-refractivity contribution in [1.82, 2.24) is 0 Å². The van der Waals surface area contributed by atoms with Crippen molar-refractivity contribution in [3.63, 3.8) is 0 Å². The van der Waals surface area contributed by atoms with Crippen molar-refractivity contribution in [2.45, 2.75) is 19.4 Å². The maximum atomic E-state index is 11.7. The second kappa shape index (κ2) is 8.41. The molecule has 0 heterocycles. The molecule has 0 radical (unpaired) electrons. The number of benzene rings is 3. The number of hydrogen-bond donors (Lipinski definition) is 1. The van der Waals surface area contributed by atoms with Crippen LogP contribution in [0.2, 0.25) is 0 Å². The van der Waals surface area contributed by atoms with Gasteiger partial charge in [0.15, 0.2) is 6.10 Å². The molecule has 4 nitrogen and oxygen atoms in total. The van der Waals surface area contributed by atoms with Crippen LogP contribution in [-0.4, -0.2) is 24.3 Å². The largest absolute Gasteiger partial charge is 0.496 e. The molecule has 0 aliphatic heterocycles. The van der Waals surface area contributed by atoms with Crippen molar-refractivity contribution < 1.29 is 19.4 Å². The van der Waals surface area contributed by atoms with E-state index in [1.54, 1.807) is 19.2 Å². The van der Waals surface area contributed by atoms with Crippen LogP contribution in [0.1, 0.15) is 11.1 Å². The SMILES string of the molecule is COc1ccc(C)cc1C[C@H](Oc1ccc(-c2ccccc2)cc1)C(=O)O.